The van der Waals surface area contributed by atoms with E-state index in [0.29, 0.717) is 13.2 Å². The zero-order valence-corrected chi connectivity index (χ0v) is 11.6. The van der Waals surface area contributed by atoms with Crippen molar-refractivity contribution < 1.29 is 9.47 Å². The second kappa shape index (κ2) is 4.42. The van der Waals surface area contributed by atoms with E-state index in [0.717, 1.165) is 13.7 Å². The second-order valence-electron chi connectivity index (χ2n) is 5.37. The molecule has 0 amide bonds. The van der Waals surface area contributed by atoms with Crippen LogP contribution in [0, 0.1) is 0 Å². The fourth-order valence-corrected chi connectivity index (χ4v) is 2.38. The van der Waals surface area contributed by atoms with E-state index in [-0.39, 0.29) is 24.3 Å². The Kier molecular flexibility index (Phi) is 2.94. The van der Waals surface area contributed by atoms with Gasteiger partial charge in [-0.1, -0.05) is 0 Å². The molecule has 2 aliphatic heterocycles. The molecule has 0 aliphatic carbocycles. The average Bonchev–Trinajstić information content (AvgIpc) is 3.29. The number of hydrogen-bond acceptors (Lipinski definition) is 5. The maximum atomic E-state index is 12.5. The van der Waals surface area contributed by atoms with Crippen LogP contribution in [0.3, 0.4) is 0 Å². The lowest BCUT2D eigenvalue weighted by Gasteiger charge is -2.18. The highest BCUT2D eigenvalue weighted by atomic mass is 16.6. The molecule has 0 spiro atoms. The molecule has 4 atom stereocenters. The van der Waals surface area contributed by atoms with Crippen molar-refractivity contribution in [2.45, 2.75) is 38.1 Å². The van der Waals surface area contributed by atoms with Crippen LogP contribution in [0.1, 0.15) is 25.9 Å². The lowest BCUT2D eigenvalue weighted by molar-refractivity contribution is 0.288. The van der Waals surface area contributed by atoms with Crippen LogP contribution >= 0.6 is 0 Å². The summed E-state index contributed by atoms with van der Waals surface area (Å²) in [5.41, 5.74) is -1.81. The Morgan fingerprint density at radius 2 is 1.25 bits per heavy atom. The molecule has 3 rings (SSSR count). The molecule has 110 valence electrons. The van der Waals surface area contributed by atoms with E-state index in [2.05, 4.69) is 0 Å². The van der Waals surface area contributed by atoms with Crippen LogP contribution in [0.25, 0.3) is 0 Å². The topological polar surface area (TPSA) is 91.1 Å². The van der Waals surface area contributed by atoms with Crippen molar-refractivity contribution in [3.8, 4) is 0 Å². The van der Waals surface area contributed by atoms with Gasteiger partial charge in [0.1, 0.15) is 12.2 Å². The summed E-state index contributed by atoms with van der Waals surface area (Å²) < 4.78 is 13.4. The molecular formula is C12H17N3O5. The summed E-state index contributed by atoms with van der Waals surface area (Å²) in [6.45, 7) is 4.54. The minimum absolute atomic E-state index is 0.140. The zero-order chi connectivity index (χ0) is 14.6. The molecule has 8 nitrogen and oxygen atoms in total. The van der Waals surface area contributed by atoms with Crippen molar-refractivity contribution in [1.82, 2.24) is 13.7 Å². The Labute approximate surface area is 114 Å². The third-order valence-electron chi connectivity index (χ3n) is 4.01. The molecule has 8 heteroatoms. The van der Waals surface area contributed by atoms with Crippen molar-refractivity contribution in [3.05, 3.63) is 31.5 Å². The van der Waals surface area contributed by atoms with Gasteiger partial charge in [0.15, 0.2) is 0 Å². The Morgan fingerprint density at radius 3 is 1.55 bits per heavy atom. The quantitative estimate of drug-likeness (QED) is 0.636. The first-order valence-corrected chi connectivity index (χ1v) is 6.60. The van der Waals surface area contributed by atoms with Crippen LogP contribution in [-0.4, -0.2) is 39.1 Å². The summed E-state index contributed by atoms with van der Waals surface area (Å²) in [5.74, 6) is 0. The van der Waals surface area contributed by atoms with E-state index >= 15 is 0 Å². The summed E-state index contributed by atoms with van der Waals surface area (Å²) in [7, 11) is 1.37. The molecule has 0 saturated carbocycles. The highest BCUT2D eigenvalue weighted by molar-refractivity contribution is 4.91. The van der Waals surface area contributed by atoms with Crippen LogP contribution in [-0.2, 0) is 16.5 Å². The van der Waals surface area contributed by atoms with Gasteiger partial charge in [-0.25, -0.2) is 28.1 Å². The molecule has 2 aliphatic rings. The monoisotopic (exact) mass is 283 g/mol. The van der Waals surface area contributed by atoms with Gasteiger partial charge >= 0.3 is 17.1 Å². The summed E-state index contributed by atoms with van der Waals surface area (Å²) in [4.78, 5) is 36.9. The average molecular weight is 283 g/mol. The SMILES string of the molecule is CC(C1CO1)n1c(=O)n(C)c(=O)n(C(C)C2CO2)c1=O. The fourth-order valence-electron chi connectivity index (χ4n) is 2.38. The van der Waals surface area contributed by atoms with Gasteiger partial charge in [-0.05, 0) is 13.8 Å². The Bertz CT molecular complexity index is 651. The first-order valence-electron chi connectivity index (χ1n) is 6.60. The molecule has 0 radical (unpaired) electrons. The summed E-state index contributed by atoms with van der Waals surface area (Å²) >= 11 is 0. The van der Waals surface area contributed by atoms with Gasteiger partial charge in [0.2, 0.25) is 0 Å². The van der Waals surface area contributed by atoms with Crippen molar-refractivity contribution in [2.75, 3.05) is 13.2 Å². The normalized spacial score (nSPS) is 27.1. The Balaban J connectivity index is 2.21. The minimum atomic E-state index is -0.608. The third kappa shape index (κ3) is 1.95. The molecule has 3 heterocycles. The van der Waals surface area contributed by atoms with Gasteiger partial charge in [0.25, 0.3) is 0 Å². The first kappa shape index (κ1) is 13.3. The van der Waals surface area contributed by atoms with Crippen molar-refractivity contribution in [3.63, 3.8) is 0 Å². The maximum Gasteiger partial charge on any atom is 0.337 e. The van der Waals surface area contributed by atoms with E-state index in [1.165, 1.54) is 7.05 Å². The molecule has 1 aromatic rings. The molecule has 2 saturated heterocycles. The lowest BCUT2D eigenvalue weighted by atomic mass is 10.2. The smallest absolute Gasteiger partial charge is 0.337 e. The minimum Gasteiger partial charge on any atom is -0.371 e. The Morgan fingerprint density at radius 1 is 0.900 bits per heavy atom. The Hall–Kier alpha value is -1.67. The summed E-state index contributed by atoms with van der Waals surface area (Å²) in [6, 6.07) is -0.777. The van der Waals surface area contributed by atoms with Gasteiger partial charge in [0.05, 0.1) is 25.3 Å². The van der Waals surface area contributed by atoms with E-state index in [9.17, 15) is 14.4 Å². The van der Waals surface area contributed by atoms with E-state index in [1.807, 2.05) is 0 Å². The standard InChI is InChI=1S/C12H17N3O5/c1-6(8-4-19-8)14-10(16)13(3)11(17)15(12(14)18)7(2)9-5-20-9/h6-9H,4-5H2,1-3H3. The fraction of sp³-hybridized carbons (Fsp3) is 0.750. The first-order chi connectivity index (χ1) is 9.43. The second-order valence-corrected chi connectivity index (χ2v) is 5.37. The van der Waals surface area contributed by atoms with Crippen molar-refractivity contribution in [1.29, 1.82) is 0 Å². The molecule has 0 N–H and O–H groups in total. The van der Waals surface area contributed by atoms with Crippen molar-refractivity contribution >= 4 is 0 Å². The molecule has 0 aromatic carbocycles. The zero-order valence-electron chi connectivity index (χ0n) is 11.6. The van der Waals surface area contributed by atoms with Gasteiger partial charge in [-0.15, -0.1) is 0 Å². The summed E-state index contributed by atoms with van der Waals surface area (Å²) in [6.07, 6.45) is -0.280. The molecular weight excluding hydrogens is 266 g/mol. The number of ether oxygens (including phenoxy) is 2. The highest BCUT2D eigenvalue weighted by Gasteiger charge is 2.37. The number of epoxide rings is 2. The molecule has 1 aromatic heterocycles. The number of aromatic nitrogens is 3. The number of nitrogens with zero attached hydrogens (tertiary/aromatic N) is 3. The molecule has 2 fully saturated rings. The third-order valence-corrected chi connectivity index (χ3v) is 4.01. The van der Waals surface area contributed by atoms with Crippen LogP contribution in [0.2, 0.25) is 0 Å². The summed E-state index contributed by atoms with van der Waals surface area (Å²) in [5, 5.41) is 0. The van der Waals surface area contributed by atoms with Crippen LogP contribution in [0.5, 0.6) is 0 Å². The van der Waals surface area contributed by atoms with E-state index in [4.69, 9.17) is 9.47 Å². The molecule has 0 bridgehead atoms. The van der Waals surface area contributed by atoms with Gasteiger partial charge in [-0.2, -0.15) is 0 Å². The van der Waals surface area contributed by atoms with Crippen LogP contribution in [0.15, 0.2) is 14.4 Å². The predicted molar refractivity (Wildman–Crippen MR) is 69.1 cm³/mol. The largest absolute Gasteiger partial charge is 0.371 e. The molecule has 4 unspecified atom stereocenters. The van der Waals surface area contributed by atoms with Crippen molar-refractivity contribution in [2.24, 2.45) is 7.05 Å². The number of rotatable bonds is 4. The van der Waals surface area contributed by atoms with Crippen LogP contribution in [0.4, 0.5) is 0 Å². The predicted octanol–water partition coefficient (Wildman–Crippen LogP) is -1.37. The van der Waals surface area contributed by atoms with E-state index < -0.39 is 17.1 Å². The van der Waals surface area contributed by atoms with Gasteiger partial charge < -0.3 is 9.47 Å². The van der Waals surface area contributed by atoms with Gasteiger partial charge in [0, 0.05) is 7.05 Å². The lowest BCUT2D eigenvalue weighted by Crippen LogP contribution is -2.56. The van der Waals surface area contributed by atoms with E-state index in [1.54, 1.807) is 13.8 Å². The highest BCUT2D eigenvalue weighted by Crippen LogP contribution is 2.23. The number of hydrogen-bond donors (Lipinski definition) is 0. The van der Waals surface area contributed by atoms with Gasteiger partial charge in [-0.3, -0.25) is 0 Å². The maximum absolute atomic E-state index is 12.5. The van der Waals surface area contributed by atoms with Crippen LogP contribution < -0.4 is 17.1 Å². The molecule has 20 heavy (non-hydrogen) atoms.